The van der Waals surface area contributed by atoms with Crippen molar-refractivity contribution in [2.75, 3.05) is 20.8 Å². The molecular formula is C15H15N3O4S. The van der Waals surface area contributed by atoms with E-state index in [0.717, 1.165) is 10.5 Å². The molecule has 0 atom stereocenters. The molecule has 120 valence electrons. The van der Waals surface area contributed by atoms with Gasteiger partial charge in [0.05, 0.1) is 33.0 Å². The number of imide groups is 1. The van der Waals surface area contributed by atoms with Gasteiger partial charge in [0, 0.05) is 10.9 Å². The first-order valence-corrected chi connectivity index (χ1v) is 7.75. The normalized spacial score (nSPS) is 14.1. The van der Waals surface area contributed by atoms with Crippen LogP contribution in [0.5, 0.6) is 11.5 Å². The SMILES string of the molecule is COc1ccc(OC)c(-c2csc(CN3C(=O)CNC3=O)n2)c1. The fourth-order valence-corrected chi connectivity index (χ4v) is 3.05. The average molecular weight is 333 g/mol. The molecule has 0 bridgehead atoms. The maximum Gasteiger partial charge on any atom is 0.324 e. The van der Waals surface area contributed by atoms with Crippen molar-refractivity contribution in [3.63, 3.8) is 0 Å². The highest BCUT2D eigenvalue weighted by atomic mass is 32.1. The highest BCUT2D eigenvalue weighted by Gasteiger charge is 2.29. The molecule has 23 heavy (non-hydrogen) atoms. The number of ether oxygens (including phenoxy) is 2. The van der Waals surface area contributed by atoms with E-state index < -0.39 is 0 Å². The van der Waals surface area contributed by atoms with E-state index in [4.69, 9.17) is 9.47 Å². The Morgan fingerprint density at radius 3 is 2.78 bits per heavy atom. The van der Waals surface area contributed by atoms with Gasteiger partial charge in [-0.1, -0.05) is 0 Å². The van der Waals surface area contributed by atoms with Crippen molar-refractivity contribution in [2.45, 2.75) is 6.54 Å². The summed E-state index contributed by atoms with van der Waals surface area (Å²) in [5.74, 6) is 1.13. The predicted octanol–water partition coefficient (Wildman–Crippen LogP) is 1.88. The van der Waals surface area contributed by atoms with Crippen LogP contribution in [0.25, 0.3) is 11.3 Å². The van der Waals surface area contributed by atoms with Crippen LogP contribution in [0.3, 0.4) is 0 Å². The molecule has 1 aromatic heterocycles. The van der Waals surface area contributed by atoms with Gasteiger partial charge in [0.15, 0.2) is 0 Å². The lowest BCUT2D eigenvalue weighted by atomic mass is 10.1. The Labute approximate surface area is 136 Å². The Morgan fingerprint density at radius 1 is 1.30 bits per heavy atom. The summed E-state index contributed by atoms with van der Waals surface area (Å²) < 4.78 is 10.6. The van der Waals surface area contributed by atoms with E-state index in [1.54, 1.807) is 14.2 Å². The van der Waals surface area contributed by atoms with E-state index in [9.17, 15) is 9.59 Å². The molecular weight excluding hydrogens is 318 g/mol. The second-order valence-electron chi connectivity index (χ2n) is 4.83. The number of rotatable bonds is 5. The van der Waals surface area contributed by atoms with Gasteiger partial charge in [-0.15, -0.1) is 11.3 Å². The first-order chi connectivity index (χ1) is 11.1. The largest absolute Gasteiger partial charge is 0.497 e. The van der Waals surface area contributed by atoms with Gasteiger partial charge in [-0.05, 0) is 18.2 Å². The number of benzene rings is 1. The number of methoxy groups -OCH3 is 2. The van der Waals surface area contributed by atoms with Crippen LogP contribution in [0.15, 0.2) is 23.6 Å². The van der Waals surface area contributed by atoms with E-state index >= 15 is 0 Å². The summed E-state index contributed by atoms with van der Waals surface area (Å²) in [7, 11) is 3.18. The molecule has 1 aliphatic rings. The summed E-state index contributed by atoms with van der Waals surface area (Å²) in [4.78, 5) is 28.9. The molecule has 3 rings (SSSR count). The molecule has 1 saturated heterocycles. The van der Waals surface area contributed by atoms with Gasteiger partial charge in [0.2, 0.25) is 5.91 Å². The molecule has 0 spiro atoms. The fraction of sp³-hybridized carbons (Fsp3) is 0.267. The maximum atomic E-state index is 11.6. The van der Waals surface area contributed by atoms with Crippen molar-refractivity contribution in [1.29, 1.82) is 0 Å². The molecule has 7 nitrogen and oxygen atoms in total. The number of thiazole rings is 1. The first kappa shape index (κ1) is 15.3. The van der Waals surface area contributed by atoms with Crippen LogP contribution in [-0.2, 0) is 11.3 Å². The third kappa shape index (κ3) is 2.98. The average Bonchev–Trinajstić information content (AvgIpc) is 3.16. The van der Waals surface area contributed by atoms with Crippen LogP contribution >= 0.6 is 11.3 Å². The van der Waals surface area contributed by atoms with Crippen LogP contribution in [0.2, 0.25) is 0 Å². The second kappa shape index (κ2) is 6.25. The molecule has 3 amide bonds. The van der Waals surface area contributed by atoms with Gasteiger partial charge in [0.25, 0.3) is 0 Å². The molecule has 0 saturated carbocycles. The summed E-state index contributed by atoms with van der Waals surface area (Å²) in [5, 5.41) is 5.03. The zero-order chi connectivity index (χ0) is 16.4. The van der Waals surface area contributed by atoms with Crippen molar-refractivity contribution in [3.05, 3.63) is 28.6 Å². The molecule has 8 heteroatoms. The summed E-state index contributed by atoms with van der Waals surface area (Å²) in [6.07, 6.45) is 0. The van der Waals surface area contributed by atoms with Gasteiger partial charge in [-0.3, -0.25) is 9.69 Å². The van der Waals surface area contributed by atoms with Crippen molar-refractivity contribution >= 4 is 23.3 Å². The van der Waals surface area contributed by atoms with Gasteiger partial charge in [-0.2, -0.15) is 0 Å². The van der Waals surface area contributed by atoms with Gasteiger partial charge < -0.3 is 14.8 Å². The predicted molar refractivity (Wildman–Crippen MR) is 84.6 cm³/mol. The number of carbonyl (C=O) groups excluding carboxylic acids is 2. The quantitative estimate of drug-likeness (QED) is 0.845. The maximum absolute atomic E-state index is 11.6. The summed E-state index contributed by atoms with van der Waals surface area (Å²) in [6, 6.07) is 5.07. The Morgan fingerprint density at radius 2 is 2.13 bits per heavy atom. The Bertz CT molecular complexity index is 743. The number of hydrogen-bond acceptors (Lipinski definition) is 6. The standard InChI is InChI=1S/C15H15N3O4S/c1-21-9-3-4-12(22-2)10(5-9)11-8-23-13(17-11)7-18-14(19)6-16-15(18)20/h3-5,8H,6-7H2,1-2H3,(H,16,20). The third-order valence-electron chi connectivity index (χ3n) is 3.46. The number of amides is 3. The van der Waals surface area contributed by atoms with E-state index in [0.29, 0.717) is 22.2 Å². The topological polar surface area (TPSA) is 80.8 Å². The molecule has 0 unspecified atom stereocenters. The third-order valence-corrected chi connectivity index (χ3v) is 4.30. The van der Waals surface area contributed by atoms with Gasteiger partial charge >= 0.3 is 6.03 Å². The van der Waals surface area contributed by atoms with Crippen molar-refractivity contribution in [2.24, 2.45) is 0 Å². The highest BCUT2D eigenvalue weighted by Crippen LogP contribution is 2.34. The van der Waals surface area contributed by atoms with Crippen LogP contribution in [0, 0.1) is 0 Å². The Hall–Kier alpha value is -2.61. The lowest BCUT2D eigenvalue weighted by Gasteiger charge is -2.10. The highest BCUT2D eigenvalue weighted by molar-refractivity contribution is 7.10. The summed E-state index contributed by atoms with van der Waals surface area (Å²) in [6.45, 7) is 0.211. The van der Waals surface area contributed by atoms with E-state index in [-0.39, 0.29) is 25.0 Å². The van der Waals surface area contributed by atoms with Crippen LogP contribution in [0.4, 0.5) is 4.79 Å². The Kier molecular flexibility index (Phi) is 4.16. The molecule has 0 radical (unpaired) electrons. The molecule has 2 heterocycles. The lowest BCUT2D eigenvalue weighted by molar-refractivity contribution is -0.125. The monoisotopic (exact) mass is 333 g/mol. The van der Waals surface area contributed by atoms with Crippen molar-refractivity contribution in [3.8, 4) is 22.8 Å². The zero-order valence-corrected chi connectivity index (χ0v) is 13.5. The molecule has 2 aromatic rings. The van der Waals surface area contributed by atoms with Crippen LogP contribution < -0.4 is 14.8 Å². The number of hydrogen-bond donors (Lipinski definition) is 1. The number of nitrogens with one attached hydrogen (secondary N) is 1. The molecule has 1 fully saturated rings. The lowest BCUT2D eigenvalue weighted by Crippen LogP contribution is -2.30. The second-order valence-corrected chi connectivity index (χ2v) is 5.77. The number of nitrogens with zero attached hydrogens (tertiary/aromatic N) is 2. The van der Waals surface area contributed by atoms with Crippen LogP contribution in [0.1, 0.15) is 5.01 Å². The molecule has 1 N–H and O–H groups in total. The van der Waals surface area contributed by atoms with Crippen molar-refractivity contribution in [1.82, 2.24) is 15.2 Å². The molecule has 1 aromatic carbocycles. The van der Waals surface area contributed by atoms with E-state index in [1.165, 1.54) is 11.3 Å². The first-order valence-electron chi connectivity index (χ1n) is 6.87. The Balaban J connectivity index is 1.87. The summed E-state index contributed by atoms with van der Waals surface area (Å²) >= 11 is 1.39. The minimum atomic E-state index is -0.384. The molecule has 1 aliphatic heterocycles. The van der Waals surface area contributed by atoms with Crippen LogP contribution in [-0.4, -0.2) is 42.6 Å². The number of carbonyl (C=O) groups is 2. The van der Waals surface area contributed by atoms with Gasteiger partial charge in [-0.25, -0.2) is 9.78 Å². The number of urea groups is 1. The smallest absolute Gasteiger partial charge is 0.324 e. The molecule has 0 aliphatic carbocycles. The van der Waals surface area contributed by atoms with Crippen molar-refractivity contribution < 1.29 is 19.1 Å². The summed E-state index contributed by atoms with van der Waals surface area (Å²) in [5.41, 5.74) is 1.51. The van der Waals surface area contributed by atoms with E-state index in [2.05, 4.69) is 10.3 Å². The number of aromatic nitrogens is 1. The van der Waals surface area contributed by atoms with E-state index in [1.807, 2.05) is 23.6 Å². The zero-order valence-electron chi connectivity index (χ0n) is 12.7. The van der Waals surface area contributed by atoms with Gasteiger partial charge in [0.1, 0.15) is 16.5 Å². The fourth-order valence-electron chi connectivity index (χ4n) is 2.27. The minimum Gasteiger partial charge on any atom is -0.497 e. The minimum absolute atomic E-state index is 0.0424.